The molecule has 0 fully saturated rings. The van der Waals surface area contributed by atoms with E-state index < -0.39 is 17.2 Å². The number of ether oxygens (including phenoxy) is 1. The van der Waals surface area contributed by atoms with Crippen LogP contribution in [0.15, 0.2) is 206 Å². The van der Waals surface area contributed by atoms with Gasteiger partial charge >= 0.3 is 6.18 Å². The van der Waals surface area contributed by atoms with Crippen LogP contribution in [0.4, 0.5) is 30.2 Å². The average molecular weight is 770 g/mol. The fourth-order valence-corrected chi connectivity index (χ4v) is 9.36. The number of benzene rings is 9. The second-order valence-corrected chi connectivity index (χ2v) is 15.1. The van der Waals surface area contributed by atoms with Crippen LogP contribution in [0.1, 0.15) is 27.8 Å². The number of para-hydroxylation sites is 1. The monoisotopic (exact) mass is 769 g/mol. The number of hydrogen-bond donors (Lipinski definition) is 0. The summed E-state index contributed by atoms with van der Waals surface area (Å²) < 4.78 is 47.1. The molecule has 5 heteroatoms. The van der Waals surface area contributed by atoms with Crippen molar-refractivity contribution in [3.8, 4) is 44.9 Å². The smallest absolute Gasteiger partial charge is 0.416 e. The summed E-state index contributed by atoms with van der Waals surface area (Å²) in [6.45, 7) is 0. The molecule has 1 spiro atoms. The Morgan fingerprint density at radius 3 is 1.68 bits per heavy atom. The first-order valence-corrected chi connectivity index (χ1v) is 19.7. The summed E-state index contributed by atoms with van der Waals surface area (Å²) in [5.74, 6) is 1.69. The molecule has 1 unspecified atom stereocenters. The van der Waals surface area contributed by atoms with E-state index in [9.17, 15) is 13.2 Å². The molecule has 1 aliphatic heterocycles. The molecule has 11 rings (SSSR count). The highest BCUT2D eigenvalue weighted by Crippen LogP contribution is 2.64. The maximum atomic E-state index is 13.4. The minimum atomic E-state index is -4.39. The van der Waals surface area contributed by atoms with Crippen LogP contribution in [-0.4, -0.2) is 0 Å². The van der Waals surface area contributed by atoms with Crippen molar-refractivity contribution in [3.05, 3.63) is 234 Å². The molecular weight excluding hydrogens is 736 g/mol. The van der Waals surface area contributed by atoms with Gasteiger partial charge in [-0.2, -0.15) is 13.2 Å². The van der Waals surface area contributed by atoms with Gasteiger partial charge in [-0.3, -0.25) is 0 Å². The Bertz CT molecular complexity index is 3050. The molecule has 1 aliphatic carbocycles. The lowest BCUT2D eigenvalue weighted by Gasteiger charge is -2.40. The van der Waals surface area contributed by atoms with Crippen molar-refractivity contribution >= 4 is 27.8 Å². The highest BCUT2D eigenvalue weighted by molar-refractivity contribution is 6.00. The molecule has 59 heavy (non-hydrogen) atoms. The summed E-state index contributed by atoms with van der Waals surface area (Å²) >= 11 is 0. The average Bonchev–Trinajstić information content (AvgIpc) is 3.58. The Labute approximate surface area is 340 Å². The Morgan fingerprint density at radius 2 is 0.983 bits per heavy atom. The minimum absolute atomic E-state index is 0.665. The third-order valence-electron chi connectivity index (χ3n) is 12.0. The van der Waals surface area contributed by atoms with Crippen molar-refractivity contribution < 1.29 is 17.9 Å². The number of anilines is 3. The molecule has 2 nitrogen and oxygen atoms in total. The van der Waals surface area contributed by atoms with Gasteiger partial charge in [-0.15, -0.1) is 0 Å². The van der Waals surface area contributed by atoms with Gasteiger partial charge in [0, 0.05) is 33.5 Å². The lowest BCUT2D eigenvalue weighted by Crippen LogP contribution is -2.32. The first-order valence-electron chi connectivity index (χ1n) is 19.7. The number of alkyl halides is 3. The predicted molar refractivity (Wildman–Crippen MR) is 232 cm³/mol. The highest BCUT2D eigenvalue weighted by Gasteiger charge is 2.52. The van der Waals surface area contributed by atoms with Crippen LogP contribution in [0.2, 0.25) is 0 Å². The van der Waals surface area contributed by atoms with Gasteiger partial charge in [-0.25, -0.2) is 0 Å². The fraction of sp³-hybridized carbons (Fsp3) is 0.0370. The lowest BCUT2D eigenvalue weighted by atomic mass is 9.65. The quantitative estimate of drug-likeness (QED) is 0.173. The van der Waals surface area contributed by atoms with E-state index in [0.29, 0.717) is 5.56 Å². The van der Waals surface area contributed by atoms with Crippen LogP contribution in [0.3, 0.4) is 0 Å². The van der Waals surface area contributed by atoms with Crippen molar-refractivity contribution in [2.75, 3.05) is 4.90 Å². The van der Waals surface area contributed by atoms with E-state index in [1.807, 2.05) is 36.4 Å². The summed E-state index contributed by atoms with van der Waals surface area (Å²) in [6, 6.07) is 69.0. The zero-order valence-corrected chi connectivity index (χ0v) is 31.6. The van der Waals surface area contributed by atoms with Crippen molar-refractivity contribution in [2.45, 2.75) is 11.6 Å². The fourth-order valence-electron chi connectivity index (χ4n) is 9.36. The molecular formula is C54H34F3NO. The van der Waals surface area contributed by atoms with Gasteiger partial charge in [-0.1, -0.05) is 158 Å². The Balaban J connectivity index is 1.14. The van der Waals surface area contributed by atoms with Gasteiger partial charge in [0.05, 0.1) is 16.7 Å². The summed E-state index contributed by atoms with van der Waals surface area (Å²) in [6.07, 6.45) is -4.39. The molecule has 0 bridgehead atoms. The van der Waals surface area contributed by atoms with Gasteiger partial charge < -0.3 is 9.64 Å². The predicted octanol–water partition coefficient (Wildman–Crippen LogP) is 15.1. The first kappa shape index (κ1) is 34.8. The second-order valence-electron chi connectivity index (χ2n) is 15.1. The molecule has 9 aromatic carbocycles. The SMILES string of the molecule is FC(F)(F)c1ccc(-c2ccc(N(c3ccc(-c4ccccc4)cc3)c3cccc4c3-c3ccccc3C43c4ccccc4Oc4c3ccc3ccccc43)cc2)cc1. The molecule has 0 aromatic heterocycles. The third-order valence-corrected chi connectivity index (χ3v) is 12.0. The molecule has 0 N–H and O–H groups in total. The maximum Gasteiger partial charge on any atom is 0.416 e. The van der Waals surface area contributed by atoms with Crippen LogP contribution in [0.25, 0.3) is 44.2 Å². The molecule has 9 aromatic rings. The lowest BCUT2D eigenvalue weighted by molar-refractivity contribution is -0.137. The zero-order valence-electron chi connectivity index (χ0n) is 31.6. The third kappa shape index (κ3) is 5.42. The molecule has 1 atom stereocenters. The molecule has 0 amide bonds. The minimum Gasteiger partial charge on any atom is -0.456 e. The highest BCUT2D eigenvalue weighted by atomic mass is 19.4. The Kier molecular flexibility index (Phi) is 7.89. The Morgan fingerprint density at radius 1 is 0.424 bits per heavy atom. The zero-order chi connectivity index (χ0) is 39.7. The van der Waals surface area contributed by atoms with Crippen LogP contribution < -0.4 is 9.64 Å². The van der Waals surface area contributed by atoms with E-state index in [1.165, 1.54) is 17.7 Å². The number of fused-ring (bicyclic) bond motifs is 11. The maximum absolute atomic E-state index is 13.4. The number of hydrogen-bond acceptors (Lipinski definition) is 2. The van der Waals surface area contributed by atoms with Crippen molar-refractivity contribution in [1.82, 2.24) is 0 Å². The largest absolute Gasteiger partial charge is 0.456 e. The van der Waals surface area contributed by atoms with Gasteiger partial charge in [0.1, 0.15) is 11.5 Å². The van der Waals surface area contributed by atoms with E-state index in [-0.39, 0.29) is 0 Å². The van der Waals surface area contributed by atoms with Crippen molar-refractivity contribution in [1.29, 1.82) is 0 Å². The second kappa shape index (κ2) is 13.4. The first-order chi connectivity index (χ1) is 28.9. The summed E-state index contributed by atoms with van der Waals surface area (Å²) in [5.41, 5.74) is 12.1. The number of rotatable bonds is 5. The van der Waals surface area contributed by atoms with Crippen LogP contribution >= 0.6 is 0 Å². The molecule has 0 saturated carbocycles. The van der Waals surface area contributed by atoms with E-state index in [0.717, 1.165) is 96.0 Å². The molecule has 282 valence electrons. The van der Waals surface area contributed by atoms with Crippen LogP contribution in [0, 0.1) is 0 Å². The van der Waals surface area contributed by atoms with E-state index in [2.05, 4.69) is 150 Å². The van der Waals surface area contributed by atoms with Crippen molar-refractivity contribution in [3.63, 3.8) is 0 Å². The van der Waals surface area contributed by atoms with Gasteiger partial charge in [0.2, 0.25) is 0 Å². The van der Waals surface area contributed by atoms with E-state index >= 15 is 0 Å². The topological polar surface area (TPSA) is 12.5 Å². The number of halogens is 3. The molecule has 0 radical (unpaired) electrons. The van der Waals surface area contributed by atoms with Gasteiger partial charge in [0.15, 0.2) is 0 Å². The van der Waals surface area contributed by atoms with Gasteiger partial charge in [-0.05, 0) is 92.9 Å². The van der Waals surface area contributed by atoms with Crippen molar-refractivity contribution in [2.24, 2.45) is 0 Å². The van der Waals surface area contributed by atoms with Gasteiger partial charge in [0.25, 0.3) is 0 Å². The van der Waals surface area contributed by atoms with E-state index in [4.69, 9.17) is 4.74 Å². The summed E-state index contributed by atoms with van der Waals surface area (Å²) in [4.78, 5) is 2.30. The molecule has 0 saturated heterocycles. The Hall–Kier alpha value is -7.37. The summed E-state index contributed by atoms with van der Waals surface area (Å²) in [7, 11) is 0. The molecule has 1 heterocycles. The van der Waals surface area contributed by atoms with Crippen LogP contribution in [0.5, 0.6) is 11.5 Å². The normalized spacial score (nSPS) is 14.9. The van der Waals surface area contributed by atoms with Crippen LogP contribution in [-0.2, 0) is 11.6 Å². The standard InChI is InChI=1S/C54H34F3NO/c55-54(56,57)40-28-21-36(22-29-40)38-25-32-42(33-26-38)58(41-30-23-37(24-31-41)35-11-2-1-3-12-35)49-19-10-18-47-51(49)44-15-6-7-16-45(44)53(47)46-17-8-9-20-50(46)59-52-43-14-5-4-13-39(43)27-34-48(52)53/h1-34H. The molecule has 2 aliphatic rings. The summed E-state index contributed by atoms with van der Waals surface area (Å²) in [5, 5.41) is 2.18. The number of nitrogens with zero attached hydrogens (tertiary/aromatic N) is 1. The van der Waals surface area contributed by atoms with E-state index in [1.54, 1.807) is 0 Å².